The molecule has 0 fully saturated rings. The van der Waals surface area contributed by atoms with Crippen LogP contribution in [-0.4, -0.2) is 19.9 Å². The van der Waals surface area contributed by atoms with Gasteiger partial charge in [0.05, 0.1) is 15.7 Å². The molecule has 0 atom stereocenters. The number of pyridine rings is 1. The quantitative estimate of drug-likeness (QED) is 0.174. The van der Waals surface area contributed by atoms with Crippen molar-refractivity contribution in [2.75, 3.05) is 0 Å². The molecule has 53 heavy (non-hydrogen) atoms. The number of fused-ring (bicyclic) bond motifs is 4. The van der Waals surface area contributed by atoms with Gasteiger partial charge < -0.3 is 0 Å². The molecule has 0 unspecified atom stereocenters. The molecule has 4 nitrogen and oxygen atoms in total. The molecule has 0 bridgehead atoms. The van der Waals surface area contributed by atoms with E-state index < -0.39 is 0 Å². The van der Waals surface area contributed by atoms with E-state index in [1.807, 2.05) is 12.1 Å². The summed E-state index contributed by atoms with van der Waals surface area (Å²) in [5.74, 6) is 1.89. The molecule has 0 aliphatic heterocycles. The molecular formula is C48H30N4S. The second-order valence-corrected chi connectivity index (χ2v) is 14.1. The minimum atomic E-state index is 0.627. The fraction of sp³-hybridized carbons (Fsp3) is 0. The average molecular weight is 695 g/mol. The van der Waals surface area contributed by atoms with Crippen LogP contribution in [0.2, 0.25) is 0 Å². The molecule has 3 heterocycles. The van der Waals surface area contributed by atoms with Gasteiger partial charge in [0.15, 0.2) is 17.5 Å². The van der Waals surface area contributed by atoms with Gasteiger partial charge in [0, 0.05) is 37.7 Å². The van der Waals surface area contributed by atoms with Gasteiger partial charge in [0.1, 0.15) is 0 Å². The molecule has 0 saturated carbocycles. The van der Waals surface area contributed by atoms with E-state index in [9.17, 15) is 0 Å². The van der Waals surface area contributed by atoms with Gasteiger partial charge in [0.25, 0.3) is 0 Å². The summed E-state index contributed by atoms with van der Waals surface area (Å²) in [4.78, 5) is 20.3. The van der Waals surface area contributed by atoms with Gasteiger partial charge in [-0.1, -0.05) is 170 Å². The number of aromatic nitrogens is 4. The zero-order valence-corrected chi connectivity index (χ0v) is 29.3. The Balaban J connectivity index is 1.08. The highest BCUT2D eigenvalue weighted by Gasteiger charge is 2.17. The van der Waals surface area contributed by atoms with Crippen LogP contribution in [0.15, 0.2) is 182 Å². The Hall–Kier alpha value is -6.82. The van der Waals surface area contributed by atoms with Crippen LogP contribution in [0.4, 0.5) is 0 Å². The topological polar surface area (TPSA) is 51.6 Å². The highest BCUT2D eigenvalue weighted by Crippen LogP contribution is 2.43. The minimum absolute atomic E-state index is 0.627. The van der Waals surface area contributed by atoms with Gasteiger partial charge in [-0.3, -0.25) is 0 Å². The molecule has 10 rings (SSSR count). The molecule has 0 aliphatic carbocycles. The van der Waals surface area contributed by atoms with E-state index in [0.717, 1.165) is 49.8 Å². The Bertz CT molecular complexity index is 2800. The lowest BCUT2D eigenvalue weighted by molar-refractivity contribution is 1.07. The number of para-hydroxylation sites is 1. The number of rotatable bonds is 6. The smallest absolute Gasteiger partial charge is 0.164 e. The summed E-state index contributed by atoms with van der Waals surface area (Å²) < 4.78 is 2.43. The van der Waals surface area contributed by atoms with Gasteiger partial charge in [-0.25, -0.2) is 19.9 Å². The third-order valence-corrected chi connectivity index (χ3v) is 10.9. The number of nitrogens with zero attached hydrogens (tertiary/aromatic N) is 4. The third-order valence-electron chi connectivity index (χ3n) is 9.77. The van der Waals surface area contributed by atoms with Crippen molar-refractivity contribution in [1.82, 2.24) is 19.9 Å². The monoisotopic (exact) mass is 694 g/mol. The molecule has 0 radical (unpaired) electrons. The van der Waals surface area contributed by atoms with E-state index in [0.29, 0.717) is 17.5 Å². The van der Waals surface area contributed by atoms with Crippen LogP contribution in [0, 0.1) is 0 Å². The average Bonchev–Trinajstić information content (AvgIpc) is 3.61. The Morgan fingerprint density at radius 1 is 0.302 bits per heavy atom. The van der Waals surface area contributed by atoms with Gasteiger partial charge in [-0.2, -0.15) is 0 Å². The zero-order valence-electron chi connectivity index (χ0n) is 28.5. The Kier molecular flexibility index (Phi) is 7.63. The van der Waals surface area contributed by atoms with Crippen LogP contribution in [0.5, 0.6) is 0 Å². The van der Waals surface area contributed by atoms with Crippen molar-refractivity contribution in [2.45, 2.75) is 0 Å². The first-order valence-corrected chi connectivity index (χ1v) is 18.5. The summed E-state index contributed by atoms with van der Waals surface area (Å²) in [5.41, 5.74) is 11.8. The van der Waals surface area contributed by atoms with E-state index in [1.165, 1.54) is 31.5 Å². The second-order valence-electron chi connectivity index (χ2n) is 13.1. The fourth-order valence-electron chi connectivity index (χ4n) is 7.06. The van der Waals surface area contributed by atoms with Gasteiger partial charge >= 0.3 is 0 Å². The van der Waals surface area contributed by atoms with Gasteiger partial charge in [-0.15, -0.1) is 11.3 Å². The van der Waals surface area contributed by atoms with Crippen molar-refractivity contribution in [2.24, 2.45) is 0 Å². The lowest BCUT2D eigenvalue weighted by atomic mass is 9.98. The SMILES string of the molecule is c1ccc(-c2ccc(-c3nc(-c4ccc(-c5ccccc5)cc4)nc(-c4ccc(-c5c6ccccc6nc6c5sc5ccccc56)cc4)n3)cc2)cc1. The fourth-order valence-corrected chi connectivity index (χ4v) is 8.28. The van der Waals surface area contributed by atoms with E-state index in [1.54, 1.807) is 11.3 Å². The van der Waals surface area contributed by atoms with Crippen molar-refractivity contribution in [3.8, 4) is 67.5 Å². The van der Waals surface area contributed by atoms with E-state index >= 15 is 0 Å². The van der Waals surface area contributed by atoms with Crippen molar-refractivity contribution in [1.29, 1.82) is 0 Å². The normalized spacial score (nSPS) is 11.4. The second kappa shape index (κ2) is 13.1. The molecule has 0 saturated heterocycles. The molecule has 0 spiro atoms. The number of hydrogen-bond acceptors (Lipinski definition) is 5. The standard InChI is InChI=1S/C48H30N4S/c1-3-11-31(12-4-1)33-19-25-36(26-20-33)46-50-47(37-27-21-34(22-28-37)32-13-5-2-6-14-32)52-48(51-46)38-29-23-35(24-30-38)43-39-15-7-9-17-41(39)49-44-40-16-8-10-18-42(40)53-45(43)44/h1-30H. The summed E-state index contributed by atoms with van der Waals surface area (Å²) in [6.07, 6.45) is 0. The van der Waals surface area contributed by atoms with Gasteiger partial charge in [0.2, 0.25) is 0 Å². The maximum atomic E-state index is 5.12. The first-order valence-electron chi connectivity index (χ1n) is 17.6. The zero-order chi connectivity index (χ0) is 35.1. The van der Waals surface area contributed by atoms with Crippen molar-refractivity contribution >= 4 is 42.5 Å². The highest BCUT2D eigenvalue weighted by molar-refractivity contribution is 7.26. The molecule has 0 aliphatic rings. The van der Waals surface area contributed by atoms with Crippen molar-refractivity contribution in [3.05, 3.63) is 182 Å². The Morgan fingerprint density at radius 2 is 0.698 bits per heavy atom. The number of benzene rings is 7. The number of hydrogen-bond donors (Lipinski definition) is 0. The molecule has 0 amide bonds. The Labute approximate surface area is 310 Å². The molecule has 0 N–H and O–H groups in total. The highest BCUT2D eigenvalue weighted by atomic mass is 32.1. The summed E-state index contributed by atoms with van der Waals surface area (Å²) in [6.45, 7) is 0. The molecule has 10 aromatic rings. The lowest BCUT2D eigenvalue weighted by Gasteiger charge is -2.11. The van der Waals surface area contributed by atoms with Gasteiger partial charge in [-0.05, 0) is 39.9 Å². The minimum Gasteiger partial charge on any atom is -0.246 e. The summed E-state index contributed by atoms with van der Waals surface area (Å²) in [6, 6.07) is 63.3. The van der Waals surface area contributed by atoms with E-state index in [-0.39, 0.29) is 0 Å². The first-order chi connectivity index (χ1) is 26.2. The predicted octanol–water partition coefficient (Wildman–Crippen LogP) is 12.8. The maximum absolute atomic E-state index is 5.12. The van der Waals surface area contributed by atoms with Crippen LogP contribution >= 0.6 is 11.3 Å². The van der Waals surface area contributed by atoms with E-state index in [2.05, 4.69) is 170 Å². The van der Waals surface area contributed by atoms with Crippen molar-refractivity contribution < 1.29 is 0 Å². The summed E-state index contributed by atoms with van der Waals surface area (Å²) >= 11 is 1.80. The summed E-state index contributed by atoms with van der Waals surface area (Å²) in [7, 11) is 0. The molecule has 3 aromatic heterocycles. The molecule has 248 valence electrons. The molecule has 5 heteroatoms. The van der Waals surface area contributed by atoms with Crippen molar-refractivity contribution in [3.63, 3.8) is 0 Å². The van der Waals surface area contributed by atoms with E-state index in [4.69, 9.17) is 19.9 Å². The van der Waals surface area contributed by atoms with Crippen LogP contribution < -0.4 is 0 Å². The summed E-state index contributed by atoms with van der Waals surface area (Å²) in [5, 5.41) is 2.33. The largest absolute Gasteiger partial charge is 0.246 e. The third kappa shape index (κ3) is 5.74. The first kappa shape index (κ1) is 31.0. The van der Waals surface area contributed by atoms with Crippen LogP contribution in [0.1, 0.15) is 0 Å². The van der Waals surface area contributed by atoms with Crippen LogP contribution in [0.3, 0.4) is 0 Å². The predicted molar refractivity (Wildman–Crippen MR) is 221 cm³/mol. The van der Waals surface area contributed by atoms with Crippen LogP contribution in [-0.2, 0) is 0 Å². The van der Waals surface area contributed by atoms with Crippen LogP contribution in [0.25, 0.3) is 98.7 Å². The lowest BCUT2D eigenvalue weighted by Crippen LogP contribution is -2.00. The Morgan fingerprint density at radius 3 is 1.23 bits per heavy atom. The maximum Gasteiger partial charge on any atom is 0.164 e. The molecule has 7 aromatic carbocycles. The number of thiophene rings is 1. The molecular weight excluding hydrogens is 665 g/mol.